The second-order valence-corrected chi connectivity index (χ2v) is 10.9. The molecular formula is C31H36N2O6. The number of para-hydroxylation sites is 2. The molecule has 39 heavy (non-hydrogen) atoms. The van der Waals surface area contributed by atoms with Crippen LogP contribution < -0.4 is 9.47 Å². The van der Waals surface area contributed by atoms with Crippen LogP contribution >= 0.6 is 0 Å². The van der Waals surface area contributed by atoms with E-state index in [1.165, 1.54) is 0 Å². The van der Waals surface area contributed by atoms with Crippen molar-refractivity contribution in [1.29, 1.82) is 0 Å². The number of aromatic amines is 1. The van der Waals surface area contributed by atoms with Gasteiger partial charge in [-0.1, -0.05) is 19.1 Å². The Morgan fingerprint density at radius 1 is 0.821 bits per heavy atom. The molecule has 0 spiro atoms. The number of hydrogen-bond acceptors (Lipinski definition) is 7. The summed E-state index contributed by atoms with van der Waals surface area (Å²) >= 11 is 0. The summed E-state index contributed by atoms with van der Waals surface area (Å²) in [5.74, 6) is 0.588. The largest absolute Gasteiger partial charge is 0.466 e. The van der Waals surface area contributed by atoms with Crippen LogP contribution in [0.4, 0.5) is 0 Å². The molecule has 8 heteroatoms. The van der Waals surface area contributed by atoms with Crippen LogP contribution in [0, 0.1) is 23.7 Å². The lowest BCUT2D eigenvalue weighted by Gasteiger charge is -2.26. The van der Waals surface area contributed by atoms with Gasteiger partial charge in [0.15, 0.2) is 0 Å². The van der Waals surface area contributed by atoms with E-state index in [9.17, 15) is 14.4 Å². The van der Waals surface area contributed by atoms with Crippen molar-refractivity contribution in [2.45, 2.75) is 65.2 Å². The maximum Gasteiger partial charge on any atom is 0.314 e. The molecule has 0 saturated heterocycles. The van der Waals surface area contributed by atoms with Gasteiger partial charge in [-0.15, -0.1) is 0 Å². The first kappa shape index (κ1) is 26.9. The van der Waals surface area contributed by atoms with Crippen LogP contribution in [0.3, 0.4) is 0 Å². The lowest BCUT2D eigenvalue weighted by atomic mass is 9.82. The second-order valence-electron chi connectivity index (χ2n) is 10.9. The predicted octanol–water partition coefficient (Wildman–Crippen LogP) is 6.24. The van der Waals surface area contributed by atoms with Crippen molar-refractivity contribution in [3.05, 3.63) is 42.5 Å². The van der Waals surface area contributed by atoms with E-state index in [-0.39, 0.29) is 35.7 Å². The van der Waals surface area contributed by atoms with Crippen LogP contribution in [-0.2, 0) is 19.1 Å². The van der Waals surface area contributed by atoms with Crippen molar-refractivity contribution >= 4 is 28.9 Å². The number of nitrogens with zero attached hydrogens (tertiary/aromatic N) is 1. The number of fused-ring (bicyclic) bond motifs is 1. The summed E-state index contributed by atoms with van der Waals surface area (Å²) in [4.78, 5) is 46.1. The molecule has 8 nitrogen and oxygen atoms in total. The first-order chi connectivity index (χ1) is 18.9. The molecule has 0 radical (unpaired) electrons. The number of H-pyrrole nitrogens is 1. The minimum Gasteiger partial charge on any atom is -0.466 e. The zero-order valence-corrected chi connectivity index (χ0v) is 22.6. The Morgan fingerprint density at radius 3 is 2.10 bits per heavy atom. The number of aromatic nitrogens is 2. The smallest absolute Gasteiger partial charge is 0.314 e. The van der Waals surface area contributed by atoms with Gasteiger partial charge in [-0.2, -0.15) is 0 Å². The molecule has 1 aromatic heterocycles. The number of carbonyl (C=O) groups excluding carboxylic acids is 3. The molecule has 2 saturated carbocycles. The molecule has 3 aromatic rings. The molecule has 1 N–H and O–H groups in total. The van der Waals surface area contributed by atoms with E-state index in [2.05, 4.69) is 16.9 Å². The van der Waals surface area contributed by atoms with Gasteiger partial charge in [-0.25, -0.2) is 4.98 Å². The lowest BCUT2D eigenvalue weighted by molar-refractivity contribution is -0.151. The second kappa shape index (κ2) is 12.0. The van der Waals surface area contributed by atoms with Crippen LogP contribution in [0.15, 0.2) is 42.5 Å². The number of nitrogens with one attached hydrogen (secondary N) is 1. The van der Waals surface area contributed by atoms with Crippen molar-refractivity contribution in [1.82, 2.24) is 9.97 Å². The van der Waals surface area contributed by atoms with Gasteiger partial charge < -0.3 is 19.2 Å². The fraction of sp³-hybridized carbons (Fsp3) is 0.484. The predicted molar refractivity (Wildman–Crippen MR) is 146 cm³/mol. The summed E-state index contributed by atoms with van der Waals surface area (Å²) in [7, 11) is 0. The summed E-state index contributed by atoms with van der Waals surface area (Å²) in [6.45, 7) is 4.37. The van der Waals surface area contributed by atoms with Gasteiger partial charge >= 0.3 is 17.9 Å². The Hall–Kier alpha value is -3.68. The molecule has 0 atom stereocenters. The third kappa shape index (κ3) is 6.32. The van der Waals surface area contributed by atoms with E-state index < -0.39 is 0 Å². The Kier molecular flexibility index (Phi) is 8.29. The Balaban J connectivity index is 1.34. The van der Waals surface area contributed by atoms with Gasteiger partial charge in [-0.3, -0.25) is 14.4 Å². The third-order valence-corrected chi connectivity index (χ3v) is 8.05. The van der Waals surface area contributed by atoms with Crippen molar-refractivity contribution in [3.63, 3.8) is 0 Å². The van der Waals surface area contributed by atoms with E-state index in [1.807, 2.05) is 24.3 Å². The van der Waals surface area contributed by atoms with Gasteiger partial charge in [0, 0.05) is 0 Å². The molecule has 206 valence electrons. The van der Waals surface area contributed by atoms with Crippen LogP contribution in [0.1, 0.15) is 65.2 Å². The number of benzene rings is 2. The highest BCUT2D eigenvalue weighted by Crippen LogP contribution is 2.37. The molecule has 0 unspecified atom stereocenters. The molecule has 2 aliphatic rings. The lowest BCUT2D eigenvalue weighted by Crippen LogP contribution is -2.29. The summed E-state index contributed by atoms with van der Waals surface area (Å²) in [5.41, 5.74) is 2.17. The van der Waals surface area contributed by atoms with Crippen molar-refractivity contribution in [3.8, 4) is 22.9 Å². The Morgan fingerprint density at radius 2 is 1.44 bits per heavy atom. The molecule has 5 rings (SSSR count). The van der Waals surface area contributed by atoms with Crippen LogP contribution in [0.5, 0.6) is 11.5 Å². The summed E-state index contributed by atoms with van der Waals surface area (Å²) in [6.07, 6.45) is 6.07. The zero-order valence-electron chi connectivity index (χ0n) is 22.6. The minimum absolute atomic E-state index is 0.0990. The molecule has 0 bridgehead atoms. The van der Waals surface area contributed by atoms with Gasteiger partial charge in [0.05, 0.1) is 41.0 Å². The van der Waals surface area contributed by atoms with E-state index in [0.717, 1.165) is 36.7 Å². The number of imidazole rings is 1. The monoisotopic (exact) mass is 532 g/mol. The van der Waals surface area contributed by atoms with Crippen LogP contribution in [0.25, 0.3) is 22.4 Å². The van der Waals surface area contributed by atoms with Crippen molar-refractivity contribution in [2.24, 2.45) is 23.7 Å². The normalized spacial score (nSPS) is 23.2. The standard InChI is InChI=1S/C31H36N2O6/c1-3-37-29(34)20-12-14-22(15-13-20)31(36)39-27-17-16-23(38-30(35)21-10-8-19(2)9-11-21)18-24(27)28-32-25-6-4-5-7-26(25)33-28/h4-7,16-22H,3,8-15H2,1-2H3,(H,32,33). The summed E-state index contributed by atoms with van der Waals surface area (Å²) < 4.78 is 16.8. The average Bonchev–Trinajstić information content (AvgIpc) is 3.38. The Bertz CT molecular complexity index is 1300. The fourth-order valence-electron chi connectivity index (χ4n) is 5.64. The number of ether oxygens (including phenoxy) is 3. The van der Waals surface area contributed by atoms with Gasteiger partial charge in [0.2, 0.25) is 0 Å². The summed E-state index contributed by atoms with van der Waals surface area (Å²) in [5, 5.41) is 0. The molecule has 0 amide bonds. The highest BCUT2D eigenvalue weighted by Gasteiger charge is 2.32. The molecule has 2 aliphatic carbocycles. The maximum absolute atomic E-state index is 13.2. The number of rotatable bonds is 7. The zero-order chi connectivity index (χ0) is 27.4. The quantitative estimate of drug-likeness (QED) is 0.284. The average molecular weight is 533 g/mol. The van der Waals surface area contributed by atoms with Crippen LogP contribution in [-0.4, -0.2) is 34.5 Å². The third-order valence-electron chi connectivity index (χ3n) is 8.05. The van der Waals surface area contributed by atoms with E-state index in [0.29, 0.717) is 61.1 Å². The molecule has 2 aromatic carbocycles. The molecule has 0 aliphatic heterocycles. The Labute approximate surface area is 228 Å². The minimum atomic E-state index is -0.337. The molecular weight excluding hydrogens is 496 g/mol. The van der Waals surface area contributed by atoms with Crippen molar-refractivity contribution in [2.75, 3.05) is 6.61 Å². The van der Waals surface area contributed by atoms with E-state index in [1.54, 1.807) is 25.1 Å². The first-order valence-corrected chi connectivity index (χ1v) is 14.1. The number of carbonyl (C=O) groups is 3. The van der Waals surface area contributed by atoms with Crippen molar-refractivity contribution < 1.29 is 28.6 Å². The number of hydrogen-bond donors (Lipinski definition) is 1. The first-order valence-electron chi connectivity index (χ1n) is 14.1. The van der Waals surface area contributed by atoms with Gasteiger partial charge in [0.1, 0.15) is 17.3 Å². The van der Waals surface area contributed by atoms with E-state index >= 15 is 0 Å². The van der Waals surface area contributed by atoms with Crippen LogP contribution in [0.2, 0.25) is 0 Å². The van der Waals surface area contributed by atoms with Gasteiger partial charge in [0.25, 0.3) is 0 Å². The highest BCUT2D eigenvalue weighted by molar-refractivity contribution is 5.84. The maximum atomic E-state index is 13.2. The molecule has 1 heterocycles. The topological polar surface area (TPSA) is 108 Å². The number of esters is 3. The molecule has 2 fully saturated rings. The van der Waals surface area contributed by atoms with E-state index in [4.69, 9.17) is 14.2 Å². The SMILES string of the molecule is CCOC(=O)C1CCC(C(=O)Oc2ccc(OC(=O)C3CCC(C)CC3)cc2-c2nc3ccccc3[nH]2)CC1. The van der Waals surface area contributed by atoms with Gasteiger partial charge in [-0.05, 0) is 94.5 Å². The summed E-state index contributed by atoms with van der Waals surface area (Å²) in [6, 6.07) is 12.7. The highest BCUT2D eigenvalue weighted by atomic mass is 16.5. The fourth-order valence-corrected chi connectivity index (χ4v) is 5.64.